The number of carbonyl (C=O) groups excluding carboxylic acids is 6. The van der Waals surface area contributed by atoms with Crippen LogP contribution in [0.5, 0.6) is 0 Å². The van der Waals surface area contributed by atoms with E-state index in [9.17, 15) is 28.8 Å². The Bertz CT molecular complexity index is 1730. The number of hydrogen-bond acceptors (Lipinski definition) is 12. The van der Waals surface area contributed by atoms with Crippen molar-refractivity contribution in [2.24, 2.45) is 20.4 Å². The van der Waals surface area contributed by atoms with Crippen molar-refractivity contribution in [1.82, 2.24) is 16.0 Å². The van der Waals surface area contributed by atoms with Crippen LogP contribution in [0.25, 0.3) is 0 Å². The average Bonchev–Trinajstić information content (AvgIpc) is 3.19. The van der Waals surface area contributed by atoms with Crippen LogP contribution >= 0.6 is 0 Å². The highest BCUT2D eigenvalue weighted by molar-refractivity contribution is 5.68. The summed E-state index contributed by atoms with van der Waals surface area (Å²) in [7, 11) is 0. The summed E-state index contributed by atoms with van der Waals surface area (Å²) in [5, 5.41) is 8.10. The molecule has 3 aromatic rings. The molecule has 0 aromatic heterocycles. The summed E-state index contributed by atoms with van der Waals surface area (Å²) >= 11 is 0. The molecule has 3 N–H and O–H groups in total. The summed E-state index contributed by atoms with van der Waals surface area (Å²) in [6.45, 7) is 2.83. The van der Waals surface area contributed by atoms with E-state index in [1.54, 1.807) is 42.5 Å². The summed E-state index contributed by atoms with van der Waals surface area (Å²) in [6, 6.07) is 21.6. The second-order valence-corrected chi connectivity index (χ2v) is 12.0. The van der Waals surface area contributed by atoms with Gasteiger partial charge >= 0.3 is 18.3 Å². The predicted octanol–water partition coefficient (Wildman–Crippen LogP) is 5.45. The minimum absolute atomic E-state index is 0.0506. The lowest BCUT2D eigenvalue weighted by atomic mass is 9.82. The molecule has 0 unspecified atom stereocenters. The molecule has 0 aliphatic heterocycles. The monoisotopic (exact) mass is 726 g/mol. The first-order chi connectivity index (χ1) is 25.8. The van der Waals surface area contributed by atoms with Crippen LogP contribution in [0.2, 0.25) is 0 Å². The number of rotatable bonds is 21. The molecule has 0 saturated heterocycles. The van der Waals surface area contributed by atoms with E-state index in [0.717, 1.165) is 33.4 Å². The van der Waals surface area contributed by atoms with E-state index in [2.05, 4.69) is 30.9 Å². The predicted molar refractivity (Wildman–Crippen MR) is 191 cm³/mol. The molecule has 278 valence electrons. The molecule has 15 heteroatoms. The van der Waals surface area contributed by atoms with E-state index >= 15 is 0 Å². The number of nitrogens with one attached hydrogen (secondary N) is 3. The Balaban J connectivity index is 1.56. The fraction of sp³-hybridized carbons (Fsp3) is 0.368. The first-order valence-corrected chi connectivity index (χ1v) is 16.8. The van der Waals surface area contributed by atoms with Gasteiger partial charge in [0, 0.05) is 25.0 Å². The number of isocyanates is 3. The smallest absolute Gasteiger partial charge is 0.407 e. The molecule has 0 heterocycles. The molecule has 0 spiro atoms. The van der Waals surface area contributed by atoms with Gasteiger partial charge in [0.25, 0.3) is 0 Å². The number of carbonyl (C=O) groups is 3. The molecule has 0 radical (unpaired) electrons. The number of alkyl carbamates (subject to hydrolysis) is 3. The molecule has 0 bridgehead atoms. The SMILES string of the molecule is CCC(CCCOC(=O)NCc1cccc(CN=C=O)c1)(COC(=O)NCc1cccc(CN=C=O)c1)COC(=O)NCc1cccc(CN=C=O)c1. The third-order valence-corrected chi connectivity index (χ3v) is 8.12. The highest BCUT2D eigenvalue weighted by atomic mass is 16.6. The number of aliphatic imine (C=N–C) groups is 3. The lowest BCUT2D eigenvalue weighted by Gasteiger charge is -2.31. The maximum absolute atomic E-state index is 12.8. The Morgan fingerprint density at radius 1 is 0.585 bits per heavy atom. The minimum atomic E-state index is -0.807. The van der Waals surface area contributed by atoms with Crippen molar-refractivity contribution in [3.05, 3.63) is 106 Å². The van der Waals surface area contributed by atoms with Gasteiger partial charge in [0.1, 0.15) is 13.2 Å². The van der Waals surface area contributed by atoms with Crippen LogP contribution < -0.4 is 16.0 Å². The Morgan fingerprint density at radius 2 is 0.943 bits per heavy atom. The largest absolute Gasteiger partial charge is 0.450 e. The first-order valence-electron chi connectivity index (χ1n) is 16.8. The van der Waals surface area contributed by atoms with Crippen molar-refractivity contribution in [3.63, 3.8) is 0 Å². The van der Waals surface area contributed by atoms with Crippen molar-refractivity contribution < 1.29 is 43.0 Å². The molecule has 3 rings (SSSR count). The molecule has 15 nitrogen and oxygen atoms in total. The van der Waals surface area contributed by atoms with Gasteiger partial charge in [-0.15, -0.1) is 0 Å². The summed E-state index contributed by atoms with van der Waals surface area (Å²) in [6.07, 6.45) is 3.74. The molecule has 0 aliphatic rings. The second kappa shape index (κ2) is 23.2. The highest BCUT2D eigenvalue weighted by Gasteiger charge is 2.32. The van der Waals surface area contributed by atoms with E-state index in [4.69, 9.17) is 14.2 Å². The van der Waals surface area contributed by atoms with Gasteiger partial charge in [-0.3, -0.25) is 0 Å². The van der Waals surface area contributed by atoms with Gasteiger partial charge in [-0.05, 0) is 52.6 Å². The minimum Gasteiger partial charge on any atom is -0.450 e. The third-order valence-electron chi connectivity index (χ3n) is 8.12. The average molecular weight is 727 g/mol. The quantitative estimate of drug-likeness (QED) is 0.0552. The number of benzene rings is 3. The van der Waals surface area contributed by atoms with E-state index in [1.165, 1.54) is 18.2 Å². The fourth-order valence-corrected chi connectivity index (χ4v) is 5.18. The summed E-state index contributed by atoms with van der Waals surface area (Å²) in [5.41, 5.74) is 3.92. The first kappa shape index (κ1) is 41.0. The molecular weight excluding hydrogens is 684 g/mol. The topological polar surface area (TPSA) is 203 Å². The van der Waals surface area contributed by atoms with Crippen molar-refractivity contribution in [2.75, 3.05) is 19.8 Å². The number of nitrogens with zero attached hydrogens (tertiary/aromatic N) is 3. The third kappa shape index (κ3) is 16.0. The highest BCUT2D eigenvalue weighted by Crippen LogP contribution is 2.30. The van der Waals surface area contributed by atoms with Gasteiger partial charge in [-0.2, -0.15) is 0 Å². The maximum Gasteiger partial charge on any atom is 0.407 e. The summed E-state index contributed by atoms with van der Waals surface area (Å²) < 4.78 is 16.6. The summed E-state index contributed by atoms with van der Waals surface area (Å²) in [4.78, 5) is 79.9. The molecular formula is C38H42N6O9. The zero-order valence-corrected chi connectivity index (χ0v) is 29.4. The summed E-state index contributed by atoms with van der Waals surface area (Å²) in [5.74, 6) is 0. The van der Waals surface area contributed by atoms with Crippen molar-refractivity contribution >= 4 is 36.5 Å². The van der Waals surface area contributed by atoms with Crippen LogP contribution in [0.4, 0.5) is 14.4 Å². The van der Waals surface area contributed by atoms with E-state index in [1.807, 2.05) is 37.3 Å². The Labute approximate surface area is 306 Å². The second-order valence-electron chi connectivity index (χ2n) is 12.0. The van der Waals surface area contributed by atoms with Crippen LogP contribution in [-0.2, 0) is 67.9 Å². The van der Waals surface area contributed by atoms with Crippen LogP contribution in [0.15, 0.2) is 87.8 Å². The Hall–Kier alpha value is -6.39. The van der Waals surface area contributed by atoms with Crippen molar-refractivity contribution in [2.45, 2.75) is 65.5 Å². The van der Waals surface area contributed by atoms with Crippen molar-refractivity contribution in [1.29, 1.82) is 0 Å². The van der Waals surface area contributed by atoms with Gasteiger partial charge in [-0.1, -0.05) is 79.7 Å². The zero-order chi connectivity index (χ0) is 38.2. The van der Waals surface area contributed by atoms with E-state index < -0.39 is 23.7 Å². The van der Waals surface area contributed by atoms with E-state index in [0.29, 0.717) is 19.3 Å². The van der Waals surface area contributed by atoms with Crippen LogP contribution in [0, 0.1) is 5.41 Å². The molecule has 0 atom stereocenters. The molecule has 3 aromatic carbocycles. The normalized spacial score (nSPS) is 11.3. The van der Waals surface area contributed by atoms with Crippen LogP contribution in [0.1, 0.15) is 59.6 Å². The van der Waals surface area contributed by atoms with Gasteiger partial charge < -0.3 is 30.2 Å². The van der Waals surface area contributed by atoms with Crippen molar-refractivity contribution in [3.8, 4) is 0 Å². The molecule has 0 saturated carbocycles. The maximum atomic E-state index is 12.8. The number of amides is 3. The van der Waals surface area contributed by atoms with Crippen LogP contribution in [0.3, 0.4) is 0 Å². The van der Waals surface area contributed by atoms with Crippen LogP contribution in [-0.4, -0.2) is 56.3 Å². The Morgan fingerprint density at radius 3 is 1.30 bits per heavy atom. The fourth-order valence-electron chi connectivity index (χ4n) is 5.18. The Kier molecular flexibility index (Phi) is 17.9. The zero-order valence-electron chi connectivity index (χ0n) is 29.4. The lowest BCUT2D eigenvalue weighted by Crippen LogP contribution is -2.38. The number of ether oxygens (including phenoxy) is 3. The molecule has 3 amide bonds. The standard InChI is InChI=1S/C38H42N6O9/c1-2-38(24-52-36(49)43-22-33-11-4-8-30(16-33)19-40-27-46,25-53-37(50)44-23-34-12-5-9-31(17-34)20-41-28-47)13-6-14-51-35(48)42-21-32-10-3-7-29(15-32)18-39-26-45/h3-5,7-12,15-17H,2,6,13-14,18-25H2,1H3,(H,42,48)(H,43,49)(H,44,50). The number of hydrogen-bond donors (Lipinski definition) is 3. The van der Waals surface area contributed by atoms with Gasteiger partial charge in [0.2, 0.25) is 18.2 Å². The van der Waals surface area contributed by atoms with E-state index in [-0.39, 0.29) is 59.1 Å². The van der Waals surface area contributed by atoms with Gasteiger partial charge in [0.05, 0.1) is 26.2 Å². The lowest BCUT2D eigenvalue weighted by molar-refractivity contribution is 0.0136. The van der Waals surface area contributed by atoms with Gasteiger partial charge in [0.15, 0.2) is 0 Å². The molecule has 53 heavy (non-hydrogen) atoms. The molecule has 0 fully saturated rings. The molecule has 0 aliphatic carbocycles. The van der Waals surface area contributed by atoms with Gasteiger partial charge in [-0.25, -0.2) is 43.7 Å².